The smallest absolute Gasteiger partial charge is 0.133 e. The van der Waals surface area contributed by atoms with Crippen molar-refractivity contribution in [2.24, 2.45) is 0 Å². The number of benzene rings is 2. The number of rotatable bonds is 3. The van der Waals surface area contributed by atoms with Gasteiger partial charge in [-0.05, 0) is 42.8 Å². The van der Waals surface area contributed by atoms with Gasteiger partial charge in [-0.1, -0.05) is 12.1 Å². The SMILES string of the molecule is CCOc1ccc(-c2ccc(N)cc2F)cc1. The first-order valence-electron chi connectivity index (χ1n) is 5.49. The standard InChI is InChI=1S/C14H14FNO/c1-2-17-12-6-3-10(4-7-12)13-8-5-11(16)9-14(13)15/h3-9H,2,16H2,1H3. The van der Waals surface area contributed by atoms with E-state index < -0.39 is 0 Å². The third-order valence-corrected chi connectivity index (χ3v) is 2.47. The molecule has 0 unspecified atom stereocenters. The van der Waals surface area contributed by atoms with Gasteiger partial charge in [0.25, 0.3) is 0 Å². The van der Waals surface area contributed by atoms with Gasteiger partial charge in [-0.15, -0.1) is 0 Å². The lowest BCUT2D eigenvalue weighted by Gasteiger charge is -2.06. The molecule has 2 aromatic rings. The van der Waals surface area contributed by atoms with Crippen LogP contribution in [0, 0.1) is 5.82 Å². The second-order valence-electron chi connectivity index (χ2n) is 3.70. The minimum Gasteiger partial charge on any atom is -0.494 e. The number of halogens is 1. The number of nitrogens with two attached hydrogens (primary N) is 1. The zero-order chi connectivity index (χ0) is 12.3. The lowest BCUT2D eigenvalue weighted by Crippen LogP contribution is -1.92. The molecule has 0 aromatic heterocycles. The Morgan fingerprint density at radius 2 is 1.82 bits per heavy atom. The van der Waals surface area contributed by atoms with Crippen LogP contribution >= 0.6 is 0 Å². The molecule has 0 fully saturated rings. The molecule has 0 amide bonds. The highest BCUT2D eigenvalue weighted by molar-refractivity contribution is 5.66. The molecule has 0 saturated heterocycles. The third-order valence-electron chi connectivity index (χ3n) is 2.47. The molecule has 0 atom stereocenters. The van der Waals surface area contributed by atoms with Crippen LogP contribution in [0.15, 0.2) is 42.5 Å². The molecule has 0 saturated carbocycles. The highest BCUT2D eigenvalue weighted by Crippen LogP contribution is 2.26. The van der Waals surface area contributed by atoms with E-state index in [0.717, 1.165) is 11.3 Å². The van der Waals surface area contributed by atoms with Crippen molar-refractivity contribution >= 4 is 5.69 Å². The zero-order valence-electron chi connectivity index (χ0n) is 9.61. The van der Waals surface area contributed by atoms with Crippen LogP contribution in [0.2, 0.25) is 0 Å². The van der Waals surface area contributed by atoms with Crippen LogP contribution in [0.4, 0.5) is 10.1 Å². The number of hydrogen-bond donors (Lipinski definition) is 1. The second-order valence-corrected chi connectivity index (χ2v) is 3.70. The topological polar surface area (TPSA) is 35.2 Å². The maximum atomic E-state index is 13.7. The van der Waals surface area contributed by atoms with Crippen LogP contribution in [-0.2, 0) is 0 Å². The summed E-state index contributed by atoms with van der Waals surface area (Å²) in [6.07, 6.45) is 0. The van der Waals surface area contributed by atoms with Crippen molar-refractivity contribution in [2.45, 2.75) is 6.92 Å². The zero-order valence-corrected chi connectivity index (χ0v) is 9.61. The molecule has 2 aromatic carbocycles. The Kier molecular flexibility index (Phi) is 3.28. The molecule has 17 heavy (non-hydrogen) atoms. The lowest BCUT2D eigenvalue weighted by molar-refractivity contribution is 0.340. The van der Waals surface area contributed by atoms with Crippen molar-refractivity contribution in [1.82, 2.24) is 0 Å². The van der Waals surface area contributed by atoms with E-state index in [2.05, 4.69) is 0 Å². The van der Waals surface area contributed by atoms with Gasteiger partial charge >= 0.3 is 0 Å². The Morgan fingerprint density at radius 3 is 2.41 bits per heavy atom. The van der Waals surface area contributed by atoms with E-state index in [1.807, 2.05) is 31.2 Å². The molecule has 0 bridgehead atoms. The Balaban J connectivity index is 2.33. The van der Waals surface area contributed by atoms with Crippen LogP contribution in [0.3, 0.4) is 0 Å². The summed E-state index contributed by atoms with van der Waals surface area (Å²) in [5, 5.41) is 0. The fourth-order valence-corrected chi connectivity index (χ4v) is 1.66. The van der Waals surface area contributed by atoms with Gasteiger partial charge in [-0.3, -0.25) is 0 Å². The van der Waals surface area contributed by atoms with E-state index in [1.54, 1.807) is 12.1 Å². The summed E-state index contributed by atoms with van der Waals surface area (Å²) in [7, 11) is 0. The molecule has 0 aliphatic carbocycles. The Morgan fingerprint density at radius 1 is 1.12 bits per heavy atom. The normalized spacial score (nSPS) is 10.2. The summed E-state index contributed by atoms with van der Waals surface area (Å²) in [5.41, 5.74) is 7.29. The molecule has 0 aliphatic heterocycles. The first kappa shape index (κ1) is 11.5. The molecule has 2 rings (SSSR count). The Bertz CT molecular complexity index is 508. The van der Waals surface area contributed by atoms with Gasteiger partial charge in [0.1, 0.15) is 11.6 Å². The van der Waals surface area contributed by atoms with Crippen molar-refractivity contribution in [2.75, 3.05) is 12.3 Å². The summed E-state index contributed by atoms with van der Waals surface area (Å²) in [4.78, 5) is 0. The van der Waals surface area contributed by atoms with Crippen LogP contribution in [0.25, 0.3) is 11.1 Å². The van der Waals surface area contributed by atoms with Gasteiger partial charge in [0.15, 0.2) is 0 Å². The lowest BCUT2D eigenvalue weighted by atomic mass is 10.0. The first-order valence-corrected chi connectivity index (χ1v) is 5.49. The molecule has 0 spiro atoms. The van der Waals surface area contributed by atoms with Gasteiger partial charge in [-0.25, -0.2) is 4.39 Å². The van der Waals surface area contributed by atoms with Crippen molar-refractivity contribution in [1.29, 1.82) is 0 Å². The first-order chi connectivity index (χ1) is 8.20. The number of anilines is 1. The van der Waals surface area contributed by atoms with Crippen LogP contribution in [0.5, 0.6) is 5.75 Å². The maximum absolute atomic E-state index is 13.7. The molecule has 3 heteroatoms. The molecule has 2 N–H and O–H groups in total. The van der Waals surface area contributed by atoms with E-state index in [4.69, 9.17) is 10.5 Å². The second kappa shape index (κ2) is 4.87. The number of hydrogen-bond acceptors (Lipinski definition) is 2. The van der Waals surface area contributed by atoms with Gasteiger partial charge in [0, 0.05) is 11.3 Å². The van der Waals surface area contributed by atoms with E-state index in [9.17, 15) is 4.39 Å². The van der Waals surface area contributed by atoms with Gasteiger partial charge < -0.3 is 10.5 Å². The van der Waals surface area contributed by atoms with Crippen LogP contribution in [0.1, 0.15) is 6.92 Å². The quantitative estimate of drug-likeness (QED) is 0.821. The summed E-state index contributed by atoms with van der Waals surface area (Å²) in [6.45, 7) is 2.54. The minimum absolute atomic E-state index is 0.311. The van der Waals surface area contributed by atoms with Crippen molar-refractivity contribution in [3.63, 3.8) is 0 Å². The molecular weight excluding hydrogens is 217 g/mol. The molecule has 2 nitrogen and oxygen atoms in total. The fraction of sp³-hybridized carbons (Fsp3) is 0.143. The highest BCUT2D eigenvalue weighted by Gasteiger charge is 2.05. The monoisotopic (exact) mass is 231 g/mol. The van der Waals surface area contributed by atoms with E-state index in [1.165, 1.54) is 6.07 Å². The summed E-state index contributed by atoms with van der Waals surface area (Å²) in [6, 6.07) is 12.0. The van der Waals surface area contributed by atoms with Gasteiger partial charge in [0.2, 0.25) is 0 Å². The van der Waals surface area contributed by atoms with Crippen molar-refractivity contribution < 1.29 is 9.13 Å². The molecule has 0 aliphatic rings. The number of ether oxygens (including phenoxy) is 1. The average molecular weight is 231 g/mol. The minimum atomic E-state index is -0.311. The molecule has 88 valence electrons. The molecule has 0 radical (unpaired) electrons. The highest BCUT2D eigenvalue weighted by atomic mass is 19.1. The van der Waals surface area contributed by atoms with Gasteiger partial charge in [-0.2, -0.15) is 0 Å². The van der Waals surface area contributed by atoms with E-state index in [0.29, 0.717) is 17.9 Å². The van der Waals surface area contributed by atoms with Crippen LogP contribution in [-0.4, -0.2) is 6.61 Å². The van der Waals surface area contributed by atoms with Gasteiger partial charge in [0.05, 0.1) is 6.61 Å². The predicted octanol–water partition coefficient (Wildman–Crippen LogP) is 3.47. The molecular formula is C14H14FNO. The third kappa shape index (κ3) is 2.56. The fourth-order valence-electron chi connectivity index (χ4n) is 1.66. The van der Waals surface area contributed by atoms with E-state index in [-0.39, 0.29) is 5.82 Å². The van der Waals surface area contributed by atoms with Crippen molar-refractivity contribution in [3.8, 4) is 16.9 Å². The largest absolute Gasteiger partial charge is 0.494 e. The summed E-state index contributed by atoms with van der Waals surface area (Å²) in [5.74, 6) is 0.473. The number of nitrogen functional groups attached to an aromatic ring is 1. The average Bonchev–Trinajstić information content (AvgIpc) is 2.31. The van der Waals surface area contributed by atoms with Crippen LogP contribution < -0.4 is 10.5 Å². The van der Waals surface area contributed by atoms with Crippen molar-refractivity contribution in [3.05, 3.63) is 48.3 Å². The summed E-state index contributed by atoms with van der Waals surface area (Å²) < 4.78 is 19.0. The Hall–Kier alpha value is -2.03. The van der Waals surface area contributed by atoms with E-state index >= 15 is 0 Å². The summed E-state index contributed by atoms with van der Waals surface area (Å²) >= 11 is 0. The Labute approximate surface area is 99.8 Å². The predicted molar refractivity (Wildman–Crippen MR) is 67.4 cm³/mol. The maximum Gasteiger partial charge on any atom is 0.133 e. The molecule has 0 heterocycles.